The topological polar surface area (TPSA) is 133 Å². The average molecular weight is 559 g/mol. The van der Waals surface area contributed by atoms with Gasteiger partial charge in [-0.2, -0.15) is 10.4 Å². The second-order valence-corrected chi connectivity index (χ2v) is 13.5. The van der Waals surface area contributed by atoms with E-state index in [1.807, 2.05) is 19.1 Å². The smallest absolute Gasteiger partial charge is 0.263 e. The Balaban J connectivity index is 1.44. The van der Waals surface area contributed by atoms with Crippen molar-refractivity contribution in [1.82, 2.24) is 20.5 Å². The highest BCUT2D eigenvalue weighted by Gasteiger charge is 2.39. The Morgan fingerprint density at radius 1 is 1.02 bits per heavy atom. The van der Waals surface area contributed by atoms with Crippen LogP contribution in [0.4, 0.5) is 5.69 Å². The summed E-state index contributed by atoms with van der Waals surface area (Å²) in [4.78, 5) is 4.85. The number of anilines is 1. The van der Waals surface area contributed by atoms with Crippen molar-refractivity contribution in [1.29, 1.82) is 5.26 Å². The Labute approximate surface area is 235 Å². The van der Waals surface area contributed by atoms with Crippen LogP contribution in [0.25, 0.3) is 22.2 Å². The number of sulfonamides is 1. The molecule has 0 bridgehead atoms. The van der Waals surface area contributed by atoms with Crippen molar-refractivity contribution in [3.63, 3.8) is 0 Å². The van der Waals surface area contributed by atoms with E-state index in [2.05, 4.69) is 47.9 Å². The second kappa shape index (κ2) is 9.91. The lowest BCUT2D eigenvalue weighted by atomic mass is 9.81. The van der Waals surface area contributed by atoms with Gasteiger partial charge in [0, 0.05) is 40.9 Å². The molecule has 0 spiro atoms. The largest absolute Gasteiger partial charge is 0.474 e. The molecule has 9 nitrogen and oxygen atoms in total. The molecule has 208 valence electrons. The minimum atomic E-state index is -3.95. The molecule has 0 aliphatic carbocycles. The summed E-state index contributed by atoms with van der Waals surface area (Å²) in [6.45, 7) is 12.5. The maximum atomic E-state index is 13.1. The van der Waals surface area contributed by atoms with E-state index in [4.69, 9.17) is 9.72 Å². The summed E-state index contributed by atoms with van der Waals surface area (Å²) in [6.07, 6.45) is 1.65. The van der Waals surface area contributed by atoms with Crippen LogP contribution in [0.2, 0.25) is 0 Å². The van der Waals surface area contributed by atoms with Gasteiger partial charge in [0.25, 0.3) is 10.0 Å². The number of aromatic amines is 1. The number of piperidine rings is 1. The third-order valence-electron chi connectivity index (χ3n) is 7.10. The quantitative estimate of drug-likeness (QED) is 0.280. The van der Waals surface area contributed by atoms with Gasteiger partial charge in [0.2, 0.25) is 5.88 Å². The van der Waals surface area contributed by atoms with E-state index in [0.29, 0.717) is 17.3 Å². The molecule has 3 N–H and O–H groups in total. The molecule has 0 radical (unpaired) electrons. The van der Waals surface area contributed by atoms with Crippen LogP contribution in [0.1, 0.15) is 57.4 Å². The van der Waals surface area contributed by atoms with Crippen molar-refractivity contribution in [3.05, 3.63) is 65.4 Å². The van der Waals surface area contributed by atoms with Crippen LogP contribution < -0.4 is 14.8 Å². The number of pyridine rings is 1. The molecule has 2 aromatic heterocycles. The van der Waals surface area contributed by atoms with Crippen LogP contribution in [0.5, 0.6) is 5.88 Å². The minimum absolute atomic E-state index is 0.0248. The summed E-state index contributed by atoms with van der Waals surface area (Å²) in [5.74, 6) is 0.533. The fourth-order valence-corrected chi connectivity index (χ4v) is 7.02. The number of hydrogen-bond acceptors (Lipinski definition) is 7. The molecular formula is C30H34N6O3S. The predicted octanol–water partition coefficient (Wildman–Crippen LogP) is 5.60. The number of ether oxygens (including phenoxy) is 1. The number of hydrogen-bond donors (Lipinski definition) is 3. The first-order valence-corrected chi connectivity index (χ1v) is 14.7. The van der Waals surface area contributed by atoms with Gasteiger partial charge in [-0.05, 0) is 77.4 Å². The van der Waals surface area contributed by atoms with E-state index >= 15 is 0 Å². The maximum Gasteiger partial charge on any atom is 0.263 e. The number of aromatic nitrogens is 3. The highest BCUT2D eigenvalue weighted by molar-refractivity contribution is 7.92. The maximum absolute atomic E-state index is 13.1. The molecular weight excluding hydrogens is 524 g/mol. The molecule has 1 fully saturated rings. The summed E-state index contributed by atoms with van der Waals surface area (Å²) in [6, 6.07) is 15.5. The first-order valence-electron chi connectivity index (χ1n) is 13.2. The van der Waals surface area contributed by atoms with Crippen molar-refractivity contribution in [2.45, 2.75) is 76.5 Å². The fourth-order valence-electron chi connectivity index (χ4n) is 5.72. The third kappa shape index (κ3) is 5.67. The van der Waals surface area contributed by atoms with Crippen LogP contribution in [-0.2, 0) is 10.0 Å². The molecule has 0 saturated carbocycles. The molecule has 3 heterocycles. The van der Waals surface area contributed by atoms with E-state index in [1.54, 1.807) is 37.3 Å². The zero-order valence-electron chi connectivity index (χ0n) is 23.6. The van der Waals surface area contributed by atoms with Crippen LogP contribution in [0.15, 0.2) is 53.4 Å². The van der Waals surface area contributed by atoms with Gasteiger partial charge in [-0.3, -0.25) is 9.82 Å². The van der Waals surface area contributed by atoms with Crippen molar-refractivity contribution >= 4 is 26.6 Å². The zero-order chi connectivity index (χ0) is 28.9. The fraction of sp³-hybridized carbons (Fsp3) is 0.367. The van der Waals surface area contributed by atoms with Crippen molar-refractivity contribution in [2.75, 3.05) is 4.72 Å². The SMILES string of the molecule is Cc1ccc(C#N)c(S(=O)(=O)Nc2ccc(-c3cc4n[nH]c(C)c4c(OC4CC(C)(C)NC(C)(C)C4)n3)cc2)c1. The molecule has 10 heteroatoms. The van der Waals surface area contributed by atoms with Crippen molar-refractivity contribution in [2.24, 2.45) is 0 Å². The summed E-state index contributed by atoms with van der Waals surface area (Å²) in [7, 11) is -3.95. The highest BCUT2D eigenvalue weighted by Crippen LogP contribution is 2.35. The Morgan fingerprint density at radius 3 is 2.35 bits per heavy atom. The van der Waals surface area contributed by atoms with Crippen molar-refractivity contribution < 1.29 is 13.2 Å². The van der Waals surface area contributed by atoms with Gasteiger partial charge < -0.3 is 10.1 Å². The number of rotatable bonds is 6. The van der Waals surface area contributed by atoms with Gasteiger partial charge in [0.05, 0.1) is 22.2 Å². The average Bonchev–Trinajstić information content (AvgIpc) is 3.23. The van der Waals surface area contributed by atoms with E-state index in [-0.39, 0.29) is 27.6 Å². The van der Waals surface area contributed by atoms with Gasteiger partial charge in [0.15, 0.2) is 0 Å². The second-order valence-electron chi connectivity index (χ2n) is 11.9. The lowest BCUT2D eigenvalue weighted by Crippen LogP contribution is -2.60. The first-order chi connectivity index (χ1) is 18.7. The summed E-state index contributed by atoms with van der Waals surface area (Å²) >= 11 is 0. The van der Waals surface area contributed by atoms with E-state index < -0.39 is 10.0 Å². The number of nitrogens with zero attached hydrogens (tertiary/aromatic N) is 3. The summed E-state index contributed by atoms with van der Waals surface area (Å²) in [5.41, 5.74) is 4.15. The van der Waals surface area contributed by atoms with Crippen LogP contribution in [0, 0.1) is 25.2 Å². The molecule has 5 rings (SSSR count). The normalized spacial score (nSPS) is 16.9. The Hall–Kier alpha value is -3.94. The van der Waals surface area contributed by atoms with Crippen LogP contribution >= 0.6 is 0 Å². The Kier molecular flexibility index (Phi) is 6.84. The Bertz CT molecular complexity index is 1720. The number of aryl methyl sites for hydroxylation is 2. The first kappa shape index (κ1) is 27.6. The molecule has 4 aromatic rings. The predicted molar refractivity (Wildman–Crippen MR) is 156 cm³/mol. The van der Waals surface area contributed by atoms with Crippen LogP contribution in [-0.4, -0.2) is 40.8 Å². The molecule has 0 amide bonds. The number of H-pyrrole nitrogens is 1. The van der Waals surface area contributed by atoms with Gasteiger partial charge in [-0.15, -0.1) is 0 Å². The van der Waals surface area contributed by atoms with Crippen LogP contribution in [0.3, 0.4) is 0 Å². The molecule has 0 atom stereocenters. The lowest BCUT2D eigenvalue weighted by molar-refractivity contribution is 0.0541. The van der Waals surface area contributed by atoms with Gasteiger partial charge in [-0.1, -0.05) is 18.2 Å². The third-order valence-corrected chi connectivity index (χ3v) is 8.52. The van der Waals surface area contributed by atoms with E-state index in [0.717, 1.165) is 40.6 Å². The monoisotopic (exact) mass is 558 g/mol. The summed E-state index contributed by atoms with van der Waals surface area (Å²) in [5, 5.41) is 21.4. The standard InChI is InChI=1S/C30H34N6O3S/c1-18-7-8-21(17-31)26(13-18)40(37,38)35-22-11-9-20(10-12-22)24-14-25-27(19(2)33-34-25)28(32-24)39-23-15-29(3,4)36-30(5,6)16-23/h7-14,23,35-36H,15-16H2,1-6H3,(H,33,34). The van der Waals surface area contributed by atoms with E-state index in [9.17, 15) is 13.7 Å². The molecule has 1 aliphatic heterocycles. The Morgan fingerprint density at radius 2 is 1.70 bits per heavy atom. The van der Waals surface area contributed by atoms with E-state index in [1.165, 1.54) is 12.1 Å². The number of nitriles is 1. The number of nitrogens with one attached hydrogen (secondary N) is 3. The highest BCUT2D eigenvalue weighted by atomic mass is 32.2. The lowest BCUT2D eigenvalue weighted by Gasteiger charge is -2.46. The van der Waals surface area contributed by atoms with Gasteiger partial charge in [-0.25, -0.2) is 13.4 Å². The van der Waals surface area contributed by atoms with Crippen molar-refractivity contribution in [3.8, 4) is 23.2 Å². The molecule has 2 aromatic carbocycles. The molecule has 0 unspecified atom stereocenters. The molecule has 1 saturated heterocycles. The van der Waals surface area contributed by atoms with Gasteiger partial charge in [0.1, 0.15) is 17.1 Å². The molecule has 1 aliphatic rings. The minimum Gasteiger partial charge on any atom is -0.474 e. The zero-order valence-corrected chi connectivity index (χ0v) is 24.4. The summed E-state index contributed by atoms with van der Waals surface area (Å²) < 4.78 is 35.3. The number of benzene rings is 2. The van der Waals surface area contributed by atoms with Gasteiger partial charge >= 0.3 is 0 Å². The number of fused-ring (bicyclic) bond motifs is 1. The molecule has 40 heavy (non-hydrogen) atoms.